The molecule has 1 aliphatic heterocycles. The van der Waals surface area contributed by atoms with E-state index >= 15 is 0 Å². The zero-order valence-electron chi connectivity index (χ0n) is 15.0. The van der Waals surface area contributed by atoms with E-state index in [-0.39, 0.29) is 12.0 Å². The van der Waals surface area contributed by atoms with Gasteiger partial charge in [-0.15, -0.1) is 0 Å². The van der Waals surface area contributed by atoms with Gasteiger partial charge in [0.25, 0.3) is 0 Å². The van der Waals surface area contributed by atoms with E-state index in [9.17, 15) is 4.79 Å². The summed E-state index contributed by atoms with van der Waals surface area (Å²) in [6.45, 7) is 7.25. The van der Waals surface area contributed by atoms with Gasteiger partial charge in [-0.3, -0.25) is 4.79 Å². The lowest BCUT2D eigenvalue weighted by Crippen LogP contribution is -2.49. The molecule has 2 aromatic rings. The Hall–Kier alpha value is -2.49. The zero-order chi connectivity index (χ0) is 17.6. The molecule has 0 aromatic heterocycles. The SMILES string of the molecule is CC(C)Oc1ccccc1N1CCN(C(=O)Cc2ccccc2)CC1. The molecular formula is C21H26N2O2. The summed E-state index contributed by atoms with van der Waals surface area (Å²) in [5.41, 5.74) is 2.19. The number of hydrogen-bond donors (Lipinski definition) is 0. The van der Waals surface area contributed by atoms with Crippen molar-refractivity contribution < 1.29 is 9.53 Å². The summed E-state index contributed by atoms with van der Waals surface area (Å²) in [6, 6.07) is 18.1. The summed E-state index contributed by atoms with van der Waals surface area (Å²) >= 11 is 0. The molecule has 0 aliphatic carbocycles. The van der Waals surface area contributed by atoms with Gasteiger partial charge in [0, 0.05) is 26.2 Å². The van der Waals surface area contributed by atoms with Gasteiger partial charge in [0.1, 0.15) is 5.75 Å². The number of piperazine rings is 1. The molecule has 0 saturated carbocycles. The van der Waals surface area contributed by atoms with Crippen molar-refractivity contribution in [1.29, 1.82) is 0 Å². The minimum Gasteiger partial charge on any atom is -0.489 e. The van der Waals surface area contributed by atoms with E-state index < -0.39 is 0 Å². The molecule has 4 heteroatoms. The second-order valence-corrected chi connectivity index (χ2v) is 6.66. The van der Waals surface area contributed by atoms with Crippen molar-refractivity contribution in [3.05, 3.63) is 60.2 Å². The molecule has 132 valence electrons. The summed E-state index contributed by atoms with van der Waals surface area (Å²) in [7, 11) is 0. The molecule has 1 saturated heterocycles. The van der Waals surface area contributed by atoms with Gasteiger partial charge < -0.3 is 14.5 Å². The molecule has 3 rings (SSSR count). The fourth-order valence-corrected chi connectivity index (χ4v) is 3.15. The number of rotatable bonds is 5. The molecule has 0 unspecified atom stereocenters. The molecule has 0 radical (unpaired) electrons. The minimum absolute atomic E-state index is 0.148. The number of carbonyl (C=O) groups is 1. The van der Waals surface area contributed by atoms with Gasteiger partial charge in [0.2, 0.25) is 5.91 Å². The molecule has 1 heterocycles. The van der Waals surface area contributed by atoms with Crippen molar-refractivity contribution in [2.45, 2.75) is 26.4 Å². The van der Waals surface area contributed by atoms with Crippen LogP contribution in [0.1, 0.15) is 19.4 Å². The van der Waals surface area contributed by atoms with Gasteiger partial charge in [0.05, 0.1) is 18.2 Å². The van der Waals surface area contributed by atoms with Crippen LogP contribution in [0.15, 0.2) is 54.6 Å². The molecular weight excluding hydrogens is 312 g/mol. The van der Waals surface area contributed by atoms with E-state index in [0.717, 1.165) is 43.2 Å². The first-order valence-corrected chi connectivity index (χ1v) is 8.96. The van der Waals surface area contributed by atoms with Crippen LogP contribution in [0.4, 0.5) is 5.69 Å². The van der Waals surface area contributed by atoms with Crippen molar-refractivity contribution in [2.75, 3.05) is 31.1 Å². The number of anilines is 1. The van der Waals surface area contributed by atoms with Crippen LogP contribution >= 0.6 is 0 Å². The summed E-state index contributed by atoms with van der Waals surface area (Å²) in [4.78, 5) is 16.8. The first-order chi connectivity index (χ1) is 12.1. The van der Waals surface area contributed by atoms with Gasteiger partial charge in [-0.2, -0.15) is 0 Å². The average molecular weight is 338 g/mol. The maximum atomic E-state index is 12.5. The van der Waals surface area contributed by atoms with E-state index in [4.69, 9.17) is 4.74 Å². The van der Waals surface area contributed by atoms with Crippen LogP contribution < -0.4 is 9.64 Å². The number of nitrogens with zero attached hydrogens (tertiary/aromatic N) is 2. The number of benzene rings is 2. The number of para-hydroxylation sites is 2. The highest BCUT2D eigenvalue weighted by molar-refractivity contribution is 5.79. The Balaban J connectivity index is 1.60. The zero-order valence-corrected chi connectivity index (χ0v) is 15.0. The topological polar surface area (TPSA) is 32.8 Å². The Bertz CT molecular complexity index is 692. The largest absolute Gasteiger partial charge is 0.489 e. The van der Waals surface area contributed by atoms with Crippen molar-refractivity contribution in [3.8, 4) is 5.75 Å². The summed E-state index contributed by atoms with van der Waals surface area (Å²) < 4.78 is 5.93. The summed E-state index contributed by atoms with van der Waals surface area (Å²) in [5.74, 6) is 1.12. The van der Waals surface area contributed by atoms with E-state index in [1.807, 2.05) is 67.3 Å². The van der Waals surface area contributed by atoms with Crippen LogP contribution in [0.2, 0.25) is 0 Å². The lowest BCUT2D eigenvalue weighted by Gasteiger charge is -2.37. The van der Waals surface area contributed by atoms with Crippen molar-refractivity contribution in [2.24, 2.45) is 0 Å². The fourth-order valence-electron chi connectivity index (χ4n) is 3.15. The van der Waals surface area contributed by atoms with Crippen LogP contribution in [-0.2, 0) is 11.2 Å². The molecule has 0 spiro atoms. The predicted molar refractivity (Wildman–Crippen MR) is 101 cm³/mol. The standard InChI is InChI=1S/C21H26N2O2/c1-17(2)25-20-11-7-6-10-19(20)22-12-14-23(15-13-22)21(24)16-18-8-4-3-5-9-18/h3-11,17H,12-16H2,1-2H3. The maximum Gasteiger partial charge on any atom is 0.227 e. The molecule has 1 fully saturated rings. The molecule has 4 nitrogen and oxygen atoms in total. The lowest BCUT2D eigenvalue weighted by molar-refractivity contribution is -0.130. The second kappa shape index (κ2) is 8.06. The third kappa shape index (κ3) is 4.53. The van der Waals surface area contributed by atoms with Crippen molar-refractivity contribution >= 4 is 11.6 Å². The minimum atomic E-state index is 0.148. The van der Waals surface area contributed by atoms with Gasteiger partial charge in [0.15, 0.2) is 0 Å². The monoisotopic (exact) mass is 338 g/mol. The number of amides is 1. The highest BCUT2D eigenvalue weighted by Crippen LogP contribution is 2.29. The average Bonchev–Trinajstić information content (AvgIpc) is 2.63. The molecule has 0 N–H and O–H groups in total. The van der Waals surface area contributed by atoms with Crippen LogP contribution in [0.25, 0.3) is 0 Å². The molecule has 25 heavy (non-hydrogen) atoms. The first kappa shape index (κ1) is 17.3. The Morgan fingerprint density at radius 2 is 1.60 bits per heavy atom. The Morgan fingerprint density at radius 1 is 0.960 bits per heavy atom. The van der Waals surface area contributed by atoms with Gasteiger partial charge >= 0.3 is 0 Å². The van der Waals surface area contributed by atoms with E-state index in [2.05, 4.69) is 11.0 Å². The molecule has 1 amide bonds. The maximum absolute atomic E-state index is 12.5. The molecule has 0 bridgehead atoms. The number of hydrogen-bond acceptors (Lipinski definition) is 3. The first-order valence-electron chi connectivity index (χ1n) is 8.96. The molecule has 2 aromatic carbocycles. The van der Waals surface area contributed by atoms with Crippen LogP contribution in [-0.4, -0.2) is 43.1 Å². The Kier molecular flexibility index (Phi) is 5.59. The molecule has 0 atom stereocenters. The van der Waals surface area contributed by atoms with Crippen molar-refractivity contribution in [1.82, 2.24) is 4.90 Å². The van der Waals surface area contributed by atoms with Gasteiger partial charge in [-0.1, -0.05) is 42.5 Å². The smallest absolute Gasteiger partial charge is 0.227 e. The number of ether oxygens (including phenoxy) is 1. The third-order valence-electron chi connectivity index (χ3n) is 4.40. The lowest BCUT2D eigenvalue weighted by atomic mass is 10.1. The second-order valence-electron chi connectivity index (χ2n) is 6.66. The van der Waals surface area contributed by atoms with Gasteiger partial charge in [-0.25, -0.2) is 0 Å². The highest BCUT2D eigenvalue weighted by Gasteiger charge is 2.23. The summed E-state index contributed by atoms with van der Waals surface area (Å²) in [6.07, 6.45) is 0.628. The normalized spacial score (nSPS) is 14.7. The summed E-state index contributed by atoms with van der Waals surface area (Å²) in [5, 5.41) is 0. The van der Waals surface area contributed by atoms with Crippen LogP contribution in [0.3, 0.4) is 0 Å². The Morgan fingerprint density at radius 3 is 2.28 bits per heavy atom. The quantitative estimate of drug-likeness (QED) is 0.838. The fraction of sp³-hybridized carbons (Fsp3) is 0.381. The molecule has 1 aliphatic rings. The van der Waals surface area contributed by atoms with Crippen molar-refractivity contribution in [3.63, 3.8) is 0 Å². The van der Waals surface area contributed by atoms with E-state index in [1.165, 1.54) is 0 Å². The third-order valence-corrected chi connectivity index (χ3v) is 4.40. The van der Waals surface area contributed by atoms with E-state index in [0.29, 0.717) is 6.42 Å². The number of carbonyl (C=O) groups excluding carboxylic acids is 1. The highest BCUT2D eigenvalue weighted by atomic mass is 16.5. The van der Waals surface area contributed by atoms with E-state index in [1.54, 1.807) is 0 Å². The van der Waals surface area contributed by atoms with Crippen LogP contribution in [0, 0.1) is 0 Å². The predicted octanol–water partition coefficient (Wildman–Crippen LogP) is 3.37. The van der Waals surface area contributed by atoms with Crippen LogP contribution in [0.5, 0.6) is 5.75 Å². The van der Waals surface area contributed by atoms with Gasteiger partial charge in [-0.05, 0) is 31.5 Å². The Labute approximate surface area is 150 Å².